The second-order valence-electron chi connectivity index (χ2n) is 6.58. The minimum Gasteiger partial charge on any atom is -0.495 e. The number of hydrogen-bond donors (Lipinski definition) is 1. The van der Waals surface area contributed by atoms with Gasteiger partial charge in [-0.3, -0.25) is 9.10 Å². The lowest BCUT2D eigenvalue weighted by atomic mass is 10.2. The van der Waals surface area contributed by atoms with Crippen molar-refractivity contribution in [2.75, 3.05) is 35.7 Å². The number of hydrogen-bond acceptors (Lipinski definition) is 7. The molecule has 0 saturated carbocycles. The van der Waals surface area contributed by atoms with Gasteiger partial charge in [-0.25, -0.2) is 13.8 Å². The number of sulfonamides is 1. The maximum atomic E-state index is 12.3. The molecule has 0 unspecified atom stereocenters. The van der Waals surface area contributed by atoms with E-state index >= 15 is 0 Å². The van der Waals surface area contributed by atoms with Crippen molar-refractivity contribution in [1.82, 2.24) is 5.43 Å². The molecule has 0 spiro atoms. The Morgan fingerprint density at radius 3 is 2.53 bits per heavy atom. The molecule has 0 atom stereocenters. The molecule has 30 heavy (non-hydrogen) atoms. The van der Waals surface area contributed by atoms with Gasteiger partial charge in [0.25, 0.3) is 5.91 Å². The zero-order chi connectivity index (χ0) is 21.6. The van der Waals surface area contributed by atoms with Gasteiger partial charge in [0.2, 0.25) is 10.0 Å². The second-order valence-corrected chi connectivity index (χ2v) is 9.56. The summed E-state index contributed by atoms with van der Waals surface area (Å²) in [7, 11) is -2.27. The fourth-order valence-electron chi connectivity index (χ4n) is 2.67. The number of ether oxygens (including phenoxy) is 2. The van der Waals surface area contributed by atoms with Crippen LogP contribution in [0.1, 0.15) is 5.56 Å². The van der Waals surface area contributed by atoms with Gasteiger partial charge in [-0.1, -0.05) is 12.1 Å². The number of anilines is 1. The molecule has 1 amide bonds. The lowest BCUT2D eigenvalue weighted by Crippen LogP contribution is -2.39. The Kier molecular flexibility index (Phi) is 7.22. The van der Waals surface area contributed by atoms with Crippen molar-refractivity contribution in [3.8, 4) is 11.5 Å². The van der Waals surface area contributed by atoms with Gasteiger partial charge in [0, 0.05) is 11.5 Å². The molecule has 1 aliphatic heterocycles. The zero-order valence-corrected chi connectivity index (χ0v) is 18.3. The lowest BCUT2D eigenvalue weighted by Gasteiger charge is -2.25. The van der Waals surface area contributed by atoms with Gasteiger partial charge in [0.15, 0.2) is 0 Å². The molecule has 1 heterocycles. The highest BCUT2D eigenvalue weighted by molar-refractivity contribution is 8.00. The monoisotopic (exact) mass is 449 g/mol. The minimum atomic E-state index is -3.71. The van der Waals surface area contributed by atoms with E-state index in [0.29, 0.717) is 5.75 Å². The number of amides is 1. The van der Waals surface area contributed by atoms with Crippen LogP contribution >= 0.6 is 11.8 Å². The zero-order valence-electron chi connectivity index (χ0n) is 16.6. The third-order valence-corrected chi connectivity index (χ3v) is 6.58. The molecular weight excluding hydrogens is 426 g/mol. The van der Waals surface area contributed by atoms with Crippen molar-refractivity contribution in [2.45, 2.75) is 6.10 Å². The highest BCUT2D eigenvalue weighted by Gasteiger charge is 2.23. The summed E-state index contributed by atoms with van der Waals surface area (Å²) in [5.74, 6) is 2.58. The first-order chi connectivity index (χ1) is 14.4. The maximum Gasteiger partial charge on any atom is 0.260 e. The molecule has 2 aromatic carbocycles. The Bertz CT molecular complexity index is 1010. The number of benzene rings is 2. The summed E-state index contributed by atoms with van der Waals surface area (Å²) >= 11 is 1.85. The van der Waals surface area contributed by atoms with Crippen LogP contribution < -0.4 is 19.2 Å². The summed E-state index contributed by atoms with van der Waals surface area (Å²) in [5.41, 5.74) is 3.41. The van der Waals surface area contributed by atoms with E-state index in [1.54, 1.807) is 24.3 Å². The van der Waals surface area contributed by atoms with Crippen LogP contribution in [-0.4, -0.2) is 58.1 Å². The van der Waals surface area contributed by atoms with Crippen LogP contribution in [-0.2, 0) is 14.8 Å². The van der Waals surface area contributed by atoms with E-state index in [4.69, 9.17) is 9.47 Å². The molecule has 1 N–H and O–H groups in total. The number of thioether (sulfide) groups is 1. The van der Waals surface area contributed by atoms with Crippen molar-refractivity contribution < 1.29 is 22.7 Å². The summed E-state index contributed by atoms with van der Waals surface area (Å²) in [6.07, 6.45) is 2.78. The molecule has 0 bridgehead atoms. The molecule has 8 nitrogen and oxygen atoms in total. The predicted octanol–water partition coefficient (Wildman–Crippen LogP) is 2.11. The number of rotatable bonds is 9. The summed E-state index contributed by atoms with van der Waals surface area (Å²) in [6.45, 7) is -0.428. The normalized spacial score (nSPS) is 14.2. The number of nitrogens with zero attached hydrogens (tertiary/aromatic N) is 2. The van der Waals surface area contributed by atoms with Crippen molar-refractivity contribution in [3.05, 3.63) is 54.1 Å². The van der Waals surface area contributed by atoms with Crippen LogP contribution in [0.4, 0.5) is 5.69 Å². The topological polar surface area (TPSA) is 97.3 Å². The first kappa shape index (κ1) is 22.0. The highest BCUT2D eigenvalue weighted by atomic mass is 32.2. The van der Waals surface area contributed by atoms with Gasteiger partial charge < -0.3 is 9.47 Å². The van der Waals surface area contributed by atoms with Gasteiger partial charge in [-0.2, -0.15) is 16.9 Å². The van der Waals surface area contributed by atoms with Crippen molar-refractivity contribution in [2.24, 2.45) is 5.10 Å². The van der Waals surface area contributed by atoms with E-state index in [9.17, 15) is 13.2 Å². The Balaban J connectivity index is 1.60. The van der Waals surface area contributed by atoms with Crippen molar-refractivity contribution in [1.29, 1.82) is 0 Å². The molecular formula is C20H23N3O5S2. The lowest BCUT2D eigenvalue weighted by molar-refractivity contribution is -0.119. The highest BCUT2D eigenvalue weighted by Crippen LogP contribution is 2.29. The van der Waals surface area contributed by atoms with E-state index in [1.807, 2.05) is 36.0 Å². The fourth-order valence-corrected chi connectivity index (χ4v) is 4.09. The molecule has 1 fully saturated rings. The third kappa shape index (κ3) is 5.90. The number of nitrogens with one attached hydrogen (secondary N) is 1. The van der Waals surface area contributed by atoms with E-state index in [2.05, 4.69) is 10.5 Å². The summed E-state index contributed by atoms with van der Waals surface area (Å²) in [5, 5.41) is 3.91. The van der Waals surface area contributed by atoms with Crippen LogP contribution in [0, 0.1) is 0 Å². The summed E-state index contributed by atoms with van der Waals surface area (Å²) in [4.78, 5) is 12.3. The third-order valence-electron chi connectivity index (χ3n) is 4.23. The summed E-state index contributed by atoms with van der Waals surface area (Å²) in [6, 6.07) is 13.9. The number of methoxy groups -OCH3 is 1. The van der Waals surface area contributed by atoms with Crippen molar-refractivity contribution >= 4 is 39.6 Å². The molecule has 10 heteroatoms. The fraction of sp³-hybridized carbons (Fsp3) is 0.300. The molecule has 3 rings (SSSR count). The summed E-state index contributed by atoms with van der Waals surface area (Å²) < 4.78 is 36.4. The van der Waals surface area contributed by atoms with Gasteiger partial charge in [0.1, 0.15) is 24.1 Å². The smallest absolute Gasteiger partial charge is 0.260 e. The predicted molar refractivity (Wildman–Crippen MR) is 119 cm³/mol. The average Bonchev–Trinajstić information content (AvgIpc) is 2.69. The minimum absolute atomic E-state index is 0.273. The molecule has 160 valence electrons. The first-order valence-corrected chi connectivity index (χ1v) is 12.1. The van der Waals surface area contributed by atoms with Gasteiger partial charge >= 0.3 is 0 Å². The number of hydrazone groups is 1. The molecule has 1 aliphatic rings. The maximum absolute atomic E-state index is 12.3. The Morgan fingerprint density at radius 2 is 1.93 bits per heavy atom. The number of para-hydroxylation sites is 2. The van der Waals surface area contributed by atoms with Gasteiger partial charge in [0.05, 0.1) is 25.3 Å². The molecule has 0 aliphatic carbocycles. The molecule has 0 aromatic heterocycles. The van der Waals surface area contributed by atoms with E-state index in [0.717, 1.165) is 33.4 Å². The molecule has 1 saturated heterocycles. The number of carbonyl (C=O) groups is 1. The van der Waals surface area contributed by atoms with Crippen LogP contribution in [0.3, 0.4) is 0 Å². The largest absolute Gasteiger partial charge is 0.495 e. The standard InChI is InChI=1S/C20H23N3O5S2/c1-27-19-6-4-3-5-18(19)23(30(2,25)26)12-20(24)22-21-11-15-7-9-16(10-8-15)28-17-13-29-14-17/h3-11,17H,12-14H2,1-2H3,(H,22,24)/b21-11-. The quantitative estimate of drug-likeness (QED) is 0.465. The Hall–Kier alpha value is -2.72. The van der Waals surface area contributed by atoms with E-state index in [-0.39, 0.29) is 11.8 Å². The SMILES string of the molecule is COc1ccccc1N(CC(=O)N/N=C\c1ccc(OC2CSC2)cc1)S(C)(=O)=O. The van der Waals surface area contributed by atoms with Crippen LogP contribution in [0.5, 0.6) is 11.5 Å². The Morgan fingerprint density at radius 1 is 1.23 bits per heavy atom. The van der Waals surface area contributed by atoms with Crippen LogP contribution in [0.15, 0.2) is 53.6 Å². The van der Waals surface area contributed by atoms with E-state index < -0.39 is 22.5 Å². The molecule has 2 aromatic rings. The van der Waals surface area contributed by atoms with Crippen molar-refractivity contribution in [3.63, 3.8) is 0 Å². The van der Waals surface area contributed by atoms with Gasteiger partial charge in [-0.05, 0) is 42.0 Å². The second kappa shape index (κ2) is 9.86. The first-order valence-electron chi connectivity index (χ1n) is 9.14. The van der Waals surface area contributed by atoms with Gasteiger partial charge in [-0.15, -0.1) is 0 Å². The van der Waals surface area contributed by atoms with Crippen LogP contribution in [0.2, 0.25) is 0 Å². The average molecular weight is 450 g/mol. The van der Waals surface area contributed by atoms with E-state index in [1.165, 1.54) is 13.3 Å². The number of carbonyl (C=O) groups excluding carboxylic acids is 1. The van der Waals surface area contributed by atoms with Crippen LogP contribution in [0.25, 0.3) is 0 Å². The Labute approximate surface area is 180 Å². The molecule has 0 radical (unpaired) electrons.